The third kappa shape index (κ3) is 12.4. The van der Waals surface area contributed by atoms with Gasteiger partial charge in [-0.2, -0.15) is 0 Å². The number of carboxylic acids is 1. The predicted molar refractivity (Wildman–Crippen MR) is 52.5 cm³/mol. The third-order valence-corrected chi connectivity index (χ3v) is 1.60. The van der Waals surface area contributed by atoms with E-state index in [1.54, 1.807) is 6.92 Å². The molecule has 4 heteroatoms. The minimum absolute atomic E-state index is 0. The molecule has 0 bridgehead atoms. The van der Waals surface area contributed by atoms with Gasteiger partial charge in [-0.25, -0.2) is 0 Å². The van der Waals surface area contributed by atoms with E-state index >= 15 is 0 Å². The van der Waals surface area contributed by atoms with Crippen LogP contribution in [0.4, 0.5) is 0 Å². The maximum absolute atomic E-state index is 10.3. The zero-order chi connectivity index (χ0) is 8.69. The predicted octanol–water partition coefficient (Wildman–Crippen LogP) is -1.01. The van der Waals surface area contributed by atoms with Crippen LogP contribution in [0.15, 0.2) is 0 Å². The Labute approximate surface area is 105 Å². The van der Waals surface area contributed by atoms with Gasteiger partial charge >= 0.3 is 35.5 Å². The second kappa shape index (κ2) is 12.4. The fourth-order valence-corrected chi connectivity index (χ4v) is 0.781. The van der Waals surface area contributed by atoms with Crippen molar-refractivity contribution in [1.82, 2.24) is 5.32 Å². The molecule has 0 saturated heterocycles. The van der Waals surface area contributed by atoms with Crippen LogP contribution in [0.5, 0.6) is 0 Å². The van der Waals surface area contributed by atoms with Gasteiger partial charge < -0.3 is 11.8 Å². The average Bonchev–Trinajstić information content (AvgIpc) is 1.97. The van der Waals surface area contributed by atoms with Crippen LogP contribution in [0.25, 0.3) is 0 Å². The molecule has 0 radical (unpaired) electrons. The number of carbonyl (C=O) groups is 1. The summed E-state index contributed by atoms with van der Waals surface area (Å²) >= 11 is 0. The van der Waals surface area contributed by atoms with E-state index in [2.05, 4.69) is 12.2 Å². The van der Waals surface area contributed by atoms with E-state index < -0.39 is 12.0 Å². The minimum Gasteiger partial charge on any atom is -1.00 e. The van der Waals surface area contributed by atoms with Crippen molar-refractivity contribution in [3.05, 3.63) is 0 Å². The van der Waals surface area contributed by atoms with Crippen LogP contribution >= 0.6 is 0 Å². The van der Waals surface area contributed by atoms with Gasteiger partial charge in [-0.15, -0.1) is 0 Å². The van der Waals surface area contributed by atoms with E-state index in [-0.39, 0.29) is 38.4 Å². The van der Waals surface area contributed by atoms with Gasteiger partial charge in [-0.1, -0.05) is 27.2 Å². The van der Waals surface area contributed by atoms with Crippen molar-refractivity contribution in [2.45, 2.75) is 46.6 Å². The van der Waals surface area contributed by atoms with E-state index in [9.17, 15) is 4.79 Å². The monoisotopic (exact) mass is 199 g/mol. The van der Waals surface area contributed by atoms with Crippen molar-refractivity contribution >= 4 is 5.97 Å². The summed E-state index contributed by atoms with van der Waals surface area (Å²) in [5.41, 5.74) is 0. The van der Waals surface area contributed by atoms with Crippen molar-refractivity contribution in [1.29, 1.82) is 0 Å². The molecule has 0 aliphatic carbocycles. The van der Waals surface area contributed by atoms with E-state index in [1.165, 1.54) is 12.8 Å². The number of aliphatic carboxylic acids is 1. The molecule has 13 heavy (non-hydrogen) atoms. The first-order chi connectivity index (χ1) is 5.18. The van der Waals surface area contributed by atoms with E-state index in [1.807, 2.05) is 0 Å². The van der Waals surface area contributed by atoms with Gasteiger partial charge in [0.05, 0.1) is 0 Å². The molecule has 0 saturated carbocycles. The maximum Gasteiger partial charge on any atom is 1.00 e. The van der Waals surface area contributed by atoms with Crippen molar-refractivity contribution in [2.24, 2.45) is 0 Å². The molecular weight excluding hydrogens is 177 g/mol. The van der Waals surface area contributed by atoms with Crippen LogP contribution in [0.1, 0.15) is 42.0 Å². The summed E-state index contributed by atoms with van der Waals surface area (Å²) in [6.07, 6.45) is 3.40. The molecule has 1 atom stereocenters. The standard InChI is InChI=1S/C8H17NO2.CH4.Na.H/c1-3-4-5-6-9-7(2)8(10)11;;;/h7,9H,3-6H2,1-2H3,(H,10,11);1H4;;/q;;+1;-1. The van der Waals surface area contributed by atoms with Crippen LogP contribution in [-0.2, 0) is 4.79 Å². The van der Waals surface area contributed by atoms with Gasteiger partial charge in [0.2, 0.25) is 0 Å². The molecule has 76 valence electrons. The Kier molecular flexibility index (Phi) is 18.2. The molecule has 0 aliphatic heterocycles. The van der Waals surface area contributed by atoms with Crippen molar-refractivity contribution in [2.75, 3.05) is 6.54 Å². The smallest absolute Gasteiger partial charge is 1.00 e. The quantitative estimate of drug-likeness (QED) is 0.426. The zero-order valence-electron chi connectivity index (χ0n) is 9.26. The fourth-order valence-electron chi connectivity index (χ4n) is 0.781. The van der Waals surface area contributed by atoms with Crippen LogP contribution in [0.2, 0.25) is 0 Å². The first-order valence-corrected chi connectivity index (χ1v) is 4.14. The van der Waals surface area contributed by atoms with Crippen molar-refractivity contribution in [3.63, 3.8) is 0 Å². The number of hydrogen-bond acceptors (Lipinski definition) is 2. The van der Waals surface area contributed by atoms with Gasteiger partial charge in [0.25, 0.3) is 0 Å². The van der Waals surface area contributed by atoms with Gasteiger partial charge in [-0.05, 0) is 19.9 Å². The van der Waals surface area contributed by atoms with Crippen LogP contribution < -0.4 is 34.9 Å². The van der Waals surface area contributed by atoms with Crippen LogP contribution in [0.3, 0.4) is 0 Å². The largest absolute Gasteiger partial charge is 1.00 e. The Morgan fingerprint density at radius 2 is 2.08 bits per heavy atom. The molecular formula is C9H22NNaO2. The number of hydrogen-bond donors (Lipinski definition) is 2. The van der Waals surface area contributed by atoms with E-state index in [4.69, 9.17) is 5.11 Å². The second-order valence-corrected chi connectivity index (χ2v) is 2.72. The Bertz CT molecular complexity index is 125. The number of rotatable bonds is 6. The van der Waals surface area contributed by atoms with Crippen LogP contribution in [-0.4, -0.2) is 23.7 Å². The normalized spacial score (nSPS) is 10.9. The summed E-state index contributed by atoms with van der Waals surface area (Å²) in [6, 6.07) is -0.410. The van der Waals surface area contributed by atoms with E-state index in [0.29, 0.717) is 0 Å². The summed E-state index contributed by atoms with van der Waals surface area (Å²) in [4.78, 5) is 10.3. The molecule has 0 aliphatic rings. The van der Waals surface area contributed by atoms with Gasteiger partial charge in [0.15, 0.2) is 0 Å². The SMILES string of the molecule is C.CCCCCNC(C)C(=O)O.[H-].[Na+]. The molecule has 0 fully saturated rings. The topological polar surface area (TPSA) is 49.3 Å². The fraction of sp³-hybridized carbons (Fsp3) is 0.889. The third-order valence-electron chi connectivity index (χ3n) is 1.60. The number of unbranched alkanes of at least 4 members (excludes halogenated alkanes) is 2. The Morgan fingerprint density at radius 3 is 2.46 bits per heavy atom. The second-order valence-electron chi connectivity index (χ2n) is 2.72. The Hall–Kier alpha value is 0.430. The molecule has 0 spiro atoms. The number of carboxylic acid groups (broad SMARTS) is 1. The first kappa shape index (κ1) is 19.1. The summed E-state index contributed by atoms with van der Waals surface area (Å²) in [5, 5.41) is 11.4. The summed E-state index contributed by atoms with van der Waals surface area (Å²) in [5.74, 6) is -0.776. The van der Waals surface area contributed by atoms with Crippen molar-refractivity contribution < 1.29 is 40.9 Å². The molecule has 1 unspecified atom stereocenters. The van der Waals surface area contributed by atoms with Crippen molar-refractivity contribution in [3.8, 4) is 0 Å². The Morgan fingerprint density at radius 1 is 1.54 bits per heavy atom. The zero-order valence-corrected chi connectivity index (χ0v) is 10.3. The minimum atomic E-state index is -0.776. The van der Waals surface area contributed by atoms with Crippen LogP contribution in [0, 0.1) is 0 Å². The molecule has 2 N–H and O–H groups in total. The molecule has 0 amide bonds. The first-order valence-electron chi connectivity index (χ1n) is 4.14. The van der Waals surface area contributed by atoms with Gasteiger partial charge in [0.1, 0.15) is 6.04 Å². The summed E-state index contributed by atoms with van der Waals surface area (Å²) in [6.45, 7) is 4.59. The molecule has 0 aromatic rings. The number of nitrogens with one attached hydrogen (secondary N) is 1. The molecule has 0 aromatic carbocycles. The molecule has 0 aromatic heterocycles. The molecule has 3 nitrogen and oxygen atoms in total. The van der Waals surface area contributed by atoms with Gasteiger partial charge in [0, 0.05) is 0 Å². The molecule has 0 heterocycles. The molecule has 0 rings (SSSR count). The van der Waals surface area contributed by atoms with Gasteiger partial charge in [-0.3, -0.25) is 4.79 Å². The average molecular weight is 199 g/mol. The van der Waals surface area contributed by atoms with E-state index in [0.717, 1.165) is 13.0 Å². The summed E-state index contributed by atoms with van der Waals surface area (Å²) < 4.78 is 0. The maximum atomic E-state index is 10.3. The Balaban J connectivity index is -0.000000167. The summed E-state index contributed by atoms with van der Waals surface area (Å²) in [7, 11) is 0.